The molecule has 0 amide bonds. The van der Waals surface area contributed by atoms with E-state index in [0.717, 1.165) is 44.9 Å². The molecule has 1 N–H and O–H groups in total. The summed E-state index contributed by atoms with van der Waals surface area (Å²) < 4.78 is 5.41. The number of carbonyl (C=O) groups is 1. The lowest BCUT2D eigenvalue weighted by Crippen LogP contribution is -2.05. The summed E-state index contributed by atoms with van der Waals surface area (Å²) >= 11 is 0. The van der Waals surface area contributed by atoms with E-state index < -0.39 is 0 Å². The van der Waals surface area contributed by atoms with Crippen LogP contribution >= 0.6 is 0 Å². The van der Waals surface area contributed by atoms with Crippen molar-refractivity contribution in [1.29, 1.82) is 0 Å². The summed E-state index contributed by atoms with van der Waals surface area (Å²) in [4.78, 5) is 11.9. The molecule has 39 heavy (non-hydrogen) atoms. The van der Waals surface area contributed by atoms with Crippen molar-refractivity contribution in [2.24, 2.45) is 0 Å². The number of aliphatic hydroxyl groups is 1. The van der Waals surface area contributed by atoms with E-state index in [2.05, 4.69) is 38.2 Å². The van der Waals surface area contributed by atoms with Gasteiger partial charge in [0.15, 0.2) is 0 Å². The third-order valence-corrected chi connectivity index (χ3v) is 7.64. The maximum Gasteiger partial charge on any atom is 0.305 e. The van der Waals surface area contributed by atoms with Crippen molar-refractivity contribution >= 4 is 5.97 Å². The Bertz CT molecular complexity index is 539. The Morgan fingerprint density at radius 2 is 1.00 bits per heavy atom. The molecule has 0 fully saturated rings. The van der Waals surface area contributed by atoms with Crippen LogP contribution in [0.1, 0.15) is 187 Å². The predicted octanol–water partition coefficient (Wildman–Crippen LogP) is 11.6. The van der Waals surface area contributed by atoms with Crippen molar-refractivity contribution in [2.45, 2.75) is 193 Å². The van der Waals surface area contributed by atoms with Crippen molar-refractivity contribution in [3.8, 4) is 0 Å². The standard InChI is InChI=1S/C36H68O3/c1-3-5-7-9-10-11-12-13-14-15-16-17-20-23-26-30-34-39-36(38)33-29-25-22-19-18-21-24-28-32-35(37)31-27-8-6-4-2/h13-14,24,28,35,37H,3-12,15-23,25-27,29-34H2,1-2H3. The van der Waals surface area contributed by atoms with Gasteiger partial charge in [-0.2, -0.15) is 0 Å². The van der Waals surface area contributed by atoms with Gasteiger partial charge in [-0.25, -0.2) is 0 Å². The molecule has 1 unspecified atom stereocenters. The van der Waals surface area contributed by atoms with Gasteiger partial charge < -0.3 is 9.84 Å². The maximum absolute atomic E-state index is 11.9. The summed E-state index contributed by atoms with van der Waals surface area (Å²) in [7, 11) is 0. The molecule has 0 aromatic heterocycles. The first-order chi connectivity index (χ1) is 19.2. The zero-order chi connectivity index (χ0) is 28.5. The molecule has 3 heteroatoms. The highest BCUT2D eigenvalue weighted by Gasteiger charge is 2.03. The van der Waals surface area contributed by atoms with Crippen LogP contribution in [0.2, 0.25) is 0 Å². The zero-order valence-corrected chi connectivity index (χ0v) is 26.4. The van der Waals surface area contributed by atoms with Crippen molar-refractivity contribution in [1.82, 2.24) is 0 Å². The maximum atomic E-state index is 11.9. The Morgan fingerprint density at radius 3 is 1.56 bits per heavy atom. The van der Waals surface area contributed by atoms with Gasteiger partial charge in [-0.1, -0.05) is 141 Å². The molecule has 0 aromatic rings. The monoisotopic (exact) mass is 549 g/mol. The Labute approximate surface area is 244 Å². The molecule has 0 saturated carbocycles. The molecule has 1 atom stereocenters. The molecule has 0 rings (SSSR count). The summed E-state index contributed by atoms with van der Waals surface area (Å²) in [6.07, 6.45) is 41.1. The van der Waals surface area contributed by atoms with E-state index in [9.17, 15) is 9.90 Å². The van der Waals surface area contributed by atoms with Crippen molar-refractivity contribution < 1.29 is 14.6 Å². The average Bonchev–Trinajstić information content (AvgIpc) is 2.93. The second-order valence-corrected chi connectivity index (χ2v) is 11.7. The van der Waals surface area contributed by atoms with Gasteiger partial charge in [0.05, 0.1) is 12.7 Å². The number of unbranched alkanes of at least 4 members (excludes halogenated alkanes) is 20. The van der Waals surface area contributed by atoms with E-state index in [1.54, 1.807) is 0 Å². The Kier molecular flexibility index (Phi) is 32.2. The molecule has 3 nitrogen and oxygen atoms in total. The molecule has 0 spiro atoms. The minimum absolute atomic E-state index is 0.0149. The molecular formula is C36H68O3. The van der Waals surface area contributed by atoms with E-state index in [0.29, 0.717) is 13.0 Å². The lowest BCUT2D eigenvalue weighted by atomic mass is 10.1. The average molecular weight is 549 g/mol. The molecule has 0 saturated heterocycles. The molecule has 0 heterocycles. The van der Waals surface area contributed by atoms with Crippen LogP contribution in [0, 0.1) is 0 Å². The fourth-order valence-electron chi connectivity index (χ4n) is 4.97. The first-order valence-electron chi connectivity index (χ1n) is 17.3. The quantitative estimate of drug-likeness (QED) is 0.0532. The SMILES string of the molecule is CCCCCCCCC=CCCCCCCCCOC(=O)CCCCCCCC=CCC(O)CCCCCC. The molecule has 0 aliphatic heterocycles. The lowest BCUT2D eigenvalue weighted by Gasteiger charge is -2.07. The number of allylic oxidation sites excluding steroid dienone is 3. The van der Waals surface area contributed by atoms with E-state index >= 15 is 0 Å². The van der Waals surface area contributed by atoms with Crippen LogP contribution in [0.3, 0.4) is 0 Å². The second-order valence-electron chi connectivity index (χ2n) is 11.7. The highest BCUT2D eigenvalue weighted by atomic mass is 16.5. The van der Waals surface area contributed by atoms with Gasteiger partial charge in [0.1, 0.15) is 0 Å². The molecule has 0 aliphatic rings. The number of ether oxygens (including phenoxy) is 1. The molecule has 0 aliphatic carbocycles. The molecule has 230 valence electrons. The van der Waals surface area contributed by atoms with Crippen molar-refractivity contribution in [3.05, 3.63) is 24.3 Å². The van der Waals surface area contributed by atoms with Gasteiger partial charge >= 0.3 is 5.97 Å². The van der Waals surface area contributed by atoms with Gasteiger partial charge in [0.25, 0.3) is 0 Å². The summed E-state index contributed by atoms with van der Waals surface area (Å²) in [6.45, 7) is 5.09. The van der Waals surface area contributed by atoms with Gasteiger partial charge in [0.2, 0.25) is 0 Å². The summed E-state index contributed by atoms with van der Waals surface area (Å²) in [5.41, 5.74) is 0. The Hall–Kier alpha value is -1.09. The fourth-order valence-corrected chi connectivity index (χ4v) is 4.97. The number of esters is 1. The van der Waals surface area contributed by atoms with Gasteiger partial charge in [-0.15, -0.1) is 0 Å². The topological polar surface area (TPSA) is 46.5 Å². The largest absolute Gasteiger partial charge is 0.466 e. The zero-order valence-electron chi connectivity index (χ0n) is 26.4. The van der Waals surface area contributed by atoms with E-state index in [1.165, 1.54) is 122 Å². The summed E-state index contributed by atoms with van der Waals surface area (Å²) in [5, 5.41) is 9.98. The smallest absolute Gasteiger partial charge is 0.305 e. The highest BCUT2D eigenvalue weighted by Crippen LogP contribution is 2.12. The van der Waals surface area contributed by atoms with Crippen LogP contribution in [-0.2, 0) is 9.53 Å². The number of aliphatic hydroxyl groups excluding tert-OH is 1. The first-order valence-corrected chi connectivity index (χ1v) is 17.3. The molecule has 0 bridgehead atoms. The first kappa shape index (κ1) is 37.9. The number of hydrogen-bond donors (Lipinski definition) is 1. The van der Waals surface area contributed by atoms with Crippen molar-refractivity contribution in [3.63, 3.8) is 0 Å². The molecule has 0 aromatic carbocycles. The van der Waals surface area contributed by atoms with E-state index in [-0.39, 0.29) is 12.1 Å². The molecule has 0 radical (unpaired) electrons. The van der Waals surface area contributed by atoms with Crippen LogP contribution in [-0.4, -0.2) is 23.8 Å². The minimum atomic E-state index is -0.167. The van der Waals surface area contributed by atoms with E-state index in [4.69, 9.17) is 4.74 Å². The second kappa shape index (κ2) is 33.1. The summed E-state index contributed by atoms with van der Waals surface area (Å²) in [6, 6.07) is 0. The molecular weight excluding hydrogens is 480 g/mol. The van der Waals surface area contributed by atoms with Crippen LogP contribution in [0.15, 0.2) is 24.3 Å². The Morgan fingerprint density at radius 1 is 0.564 bits per heavy atom. The number of carbonyl (C=O) groups excluding carboxylic acids is 1. The number of hydrogen-bond acceptors (Lipinski definition) is 3. The highest BCUT2D eigenvalue weighted by molar-refractivity contribution is 5.69. The third kappa shape index (κ3) is 33.0. The fraction of sp³-hybridized carbons (Fsp3) is 0.861. The normalized spacial score (nSPS) is 12.6. The predicted molar refractivity (Wildman–Crippen MR) is 171 cm³/mol. The van der Waals surface area contributed by atoms with Gasteiger partial charge in [-0.05, 0) is 64.2 Å². The van der Waals surface area contributed by atoms with E-state index in [1.807, 2.05) is 0 Å². The van der Waals surface area contributed by atoms with Crippen molar-refractivity contribution in [2.75, 3.05) is 6.61 Å². The lowest BCUT2D eigenvalue weighted by molar-refractivity contribution is -0.143. The third-order valence-electron chi connectivity index (χ3n) is 7.64. The van der Waals surface area contributed by atoms with Crippen LogP contribution < -0.4 is 0 Å². The van der Waals surface area contributed by atoms with Gasteiger partial charge in [0, 0.05) is 6.42 Å². The van der Waals surface area contributed by atoms with Crippen LogP contribution in [0.5, 0.6) is 0 Å². The summed E-state index contributed by atoms with van der Waals surface area (Å²) in [5.74, 6) is -0.0149. The van der Waals surface area contributed by atoms with Crippen LogP contribution in [0.25, 0.3) is 0 Å². The Balaban J connectivity index is 3.29. The number of rotatable bonds is 31. The van der Waals surface area contributed by atoms with Crippen LogP contribution in [0.4, 0.5) is 0 Å². The van der Waals surface area contributed by atoms with Gasteiger partial charge in [-0.3, -0.25) is 4.79 Å². The minimum Gasteiger partial charge on any atom is -0.466 e.